The van der Waals surface area contributed by atoms with E-state index < -0.39 is 5.91 Å². The van der Waals surface area contributed by atoms with Crippen molar-refractivity contribution in [1.82, 2.24) is 10.2 Å². The van der Waals surface area contributed by atoms with E-state index in [1.807, 2.05) is 38.1 Å². The van der Waals surface area contributed by atoms with Crippen molar-refractivity contribution in [3.63, 3.8) is 0 Å². The van der Waals surface area contributed by atoms with Crippen molar-refractivity contribution >= 4 is 23.3 Å². The second kappa shape index (κ2) is 11.8. The van der Waals surface area contributed by atoms with E-state index in [1.54, 1.807) is 13.2 Å². The first-order valence-electron chi connectivity index (χ1n) is 13.3. The number of carbonyl (C=O) groups is 1. The van der Waals surface area contributed by atoms with Gasteiger partial charge in [-0.1, -0.05) is 38.8 Å². The van der Waals surface area contributed by atoms with Crippen LogP contribution in [0.5, 0.6) is 11.5 Å². The lowest BCUT2D eigenvalue weighted by Crippen LogP contribution is -2.48. The van der Waals surface area contributed by atoms with E-state index in [0.717, 1.165) is 56.4 Å². The average Bonchev–Trinajstić information content (AvgIpc) is 3.59. The van der Waals surface area contributed by atoms with Gasteiger partial charge in [0.15, 0.2) is 5.84 Å². The summed E-state index contributed by atoms with van der Waals surface area (Å²) < 4.78 is 5.44. The summed E-state index contributed by atoms with van der Waals surface area (Å²) in [6.45, 7) is 7.07. The number of amides is 1. The number of nitrogens with one attached hydrogen (secondary N) is 3. The number of aromatic hydroxyl groups is 1. The molecule has 4 N–H and O–H groups in total. The Labute approximate surface area is 219 Å². The second-order valence-corrected chi connectivity index (χ2v) is 10.4. The van der Waals surface area contributed by atoms with Gasteiger partial charge in [-0.3, -0.25) is 25.4 Å². The summed E-state index contributed by atoms with van der Waals surface area (Å²) in [5.41, 5.74) is 2.75. The van der Waals surface area contributed by atoms with Gasteiger partial charge in [0.05, 0.1) is 12.7 Å². The van der Waals surface area contributed by atoms with Crippen LogP contribution in [0.15, 0.2) is 36.4 Å². The summed E-state index contributed by atoms with van der Waals surface area (Å²) in [7, 11) is 1.55. The third-order valence-corrected chi connectivity index (χ3v) is 7.38. The second-order valence-electron chi connectivity index (χ2n) is 10.4. The van der Waals surface area contributed by atoms with Gasteiger partial charge in [0.1, 0.15) is 17.3 Å². The number of amidine groups is 2. The van der Waals surface area contributed by atoms with E-state index in [4.69, 9.17) is 15.6 Å². The highest BCUT2D eigenvalue weighted by Gasteiger charge is 2.29. The monoisotopic (exact) mass is 505 g/mol. The summed E-state index contributed by atoms with van der Waals surface area (Å²) in [5, 5.41) is 31.7. The van der Waals surface area contributed by atoms with E-state index >= 15 is 0 Å². The molecule has 1 saturated carbocycles. The highest BCUT2D eigenvalue weighted by atomic mass is 16.5. The fourth-order valence-corrected chi connectivity index (χ4v) is 5.27. The van der Waals surface area contributed by atoms with Crippen LogP contribution in [0.4, 0.5) is 5.69 Å². The summed E-state index contributed by atoms with van der Waals surface area (Å²) in [6, 6.07) is 10.9. The average molecular weight is 506 g/mol. The molecule has 0 radical (unpaired) electrons. The van der Waals surface area contributed by atoms with Crippen molar-refractivity contribution in [1.29, 1.82) is 10.8 Å². The lowest BCUT2D eigenvalue weighted by Gasteiger charge is -2.27. The van der Waals surface area contributed by atoms with Gasteiger partial charge in [-0.05, 0) is 74.0 Å². The van der Waals surface area contributed by atoms with Gasteiger partial charge in [0, 0.05) is 24.3 Å². The number of ether oxygens (including phenoxy) is 1. The minimum absolute atomic E-state index is 0.0497. The number of likely N-dealkylation sites (tertiary alicyclic amines) is 1. The Bertz CT molecular complexity index is 1130. The summed E-state index contributed by atoms with van der Waals surface area (Å²) in [5.74, 6) is -0.506. The first-order chi connectivity index (χ1) is 17.8. The maximum Gasteiger partial charge on any atom is 0.287 e. The number of methoxy groups -OCH3 is 1. The molecule has 2 aliphatic rings. The zero-order chi connectivity index (χ0) is 26.5. The van der Waals surface area contributed by atoms with Gasteiger partial charge in [-0.2, -0.15) is 0 Å². The predicted molar refractivity (Wildman–Crippen MR) is 147 cm³/mol. The number of phenolic OH excluding ortho intramolecular Hbond substituents is 1. The predicted octanol–water partition coefficient (Wildman–Crippen LogP) is 4.99. The van der Waals surface area contributed by atoms with Crippen LogP contribution < -0.4 is 15.0 Å². The number of anilines is 1. The van der Waals surface area contributed by atoms with Crippen molar-refractivity contribution in [3.05, 3.63) is 53.1 Å². The van der Waals surface area contributed by atoms with Crippen molar-refractivity contribution < 1.29 is 14.6 Å². The highest BCUT2D eigenvalue weighted by molar-refractivity contribution is 6.48. The molecular formula is C29H39N5O3. The van der Waals surface area contributed by atoms with Crippen LogP contribution in [-0.2, 0) is 11.3 Å². The fourth-order valence-electron chi connectivity index (χ4n) is 5.27. The van der Waals surface area contributed by atoms with Crippen LogP contribution in [0.3, 0.4) is 0 Å². The molecular weight excluding hydrogens is 466 g/mol. The smallest absolute Gasteiger partial charge is 0.287 e. The molecule has 0 aromatic heterocycles. The fraction of sp³-hybridized carbons (Fsp3) is 0.483. The lowest BCUT2D eigenvalue weighted by atomic mass is 9.97. The Balaban J connectivity index is 1.67. The van der Waals surface area contributed by atoms with Crippen LogP contribution >= 0.6 is 0 Å². The van der Waals surface area contributed by atoms with Crippen molar-refractivity contribution in [2.24, 2.45) is 0 Å². The third-order valence-electron chi connectivity index (χ3n) is 7.38. The molecule has 37 heavy (non-hydrogen) atoms. The van der Waals surface area contributed by atoms with Gasteiger partial charge < -0.3 is 15.2 Å². The Morgan fingerprint density at radius 1 is 1.11 bits per heavy atom. The number of phenols is 1. The number of carbonyl (C=O) groups excluding carboxylic acids is 1. The number of benzene rings is 2. The van der Waals surface area contributed by atoms with Crippen molar-refractivity contribution in [2.45, 2.75) is 70.9 Å². The lowest BCUT2D eigenvalue weighted by molar-refractivity contribution is -0.115. The van der Waals surface area contributed by atoms with Crippen LogP contribution in [-0.4, -0.2) is 53.8 Å². The van der Waals surface area contributed by atoms with Gasteiger partial charge in [0.2, 0.25) is 0 Å². The Kier molecular flexibility index (Phi) is 8.48. The number of hydrogen-bond donors (Lipinski definition) is 4. The van der Waals surface area contributed by atoms with Gasteiger partial charge >= 0.3 is 0 Å². The molecule has 8 heteroatoms. The minimum Gasteiger partial charge on any atom is -0.507 e. The minimum atomic E-state index is -0.519. The Morgan fingerprint density at radius 3 is 2.35 bits per heavy atom. The SMILES string of the molecule is COc1cc(O)c(C(=N)N(C(=N)C(=O)NC2CCCC2)c2ccc(CN3CCCC3)cc2)cc1C(C)C. The molecule has 2 aromatic rings. The zero-order valence-electron chi connectivity index (χ0n) is 22.1. The molecule has 0 unspecified atom stereocenters. The molecule has 0 atom stereocenters. The first kappa shape index (κ1) is 26.7. The maximum atomic E-state index is 13.1. The first-order valence-corrected chi connectivity index (χ1v) is 13.3. The normalized spacial score (nSPS) is 16.2. The quantitative estimate of drug-likeness (QED) is 0.313. The zero-order valence-corrected chi connectivity index (χ0v) is 22.1. The molecule has 1 heterocycles. The number of hydrogen-bond acceptors (Lipinski definition) is 6. The molecule has 1 saturated heterocycles. The van der Waals surface area contributed by atoms with Gasteiger partial charge in [-0.25, -0.2) is 0 Å². The molecule has 2 fully saturated rings. The van der Waals surface area contributed by atoms with Gasteiger partial charge in [0.25, 0.3) is 5.91 Å². The van der Waals surface area contributed by atoms with Crippen LogP contribution in [0.2, 0.25) is 0 Å². The van der Waals surface area contributed by atoms with E-state index in [0.29, 0.717) is 11.4 Å². The molecule has 1 aliphatic heterocycles. The van der Waals surface area contributed by atoms with E-state index in [1.165, 1.54) is 23.8 Å². The Hall–Kier alpha value is -3.39. The van der Waals surface area contributed by atoms with Crippen LogP contribution in [0.25, 0.3) is 0 Å². The van der Waals surface area contributed by atoms with Gasteiger partial charge in [-0.15, -0.1) is 0 Å². The molecule has 1 amide bonds. The molecule has 2 aromatic carbocycles. The molecule has 198 valence electrons. The maximum absolute atomic E-state index is 13.1. The standard InChI is InChI=1S/C29H39N5O3/c1-19(2)23-16-24(25(35)17-26(23)37-3)27(30)34(28(31)29(36)32-21-8-4-5-9-21)22-12-10-20(11-13-22)18-33-14-6-7-15-33/h10-13,16-17,19,21,30-31,35H,4-9,14-15,18H2,1-3H3,(H,32,36). The summed E-state index contributed by atoms with van der Waals surface area (Å²) >= 11 is 0. The molecule has 8 nitrogen and oxygen atoms in total. The summed E-state index contributed by atoms with van der Waals surface area (Å²) in [6.07, 6.45) is 6.37. The van der Waals surface area contributed by atoms with Crippen molar-refractivity contribution in [3.8, 4) is 11.5 Å². The molecule has 1 aliphatic carbocycles. The largest absolute Gasteiger partial charge is 0.507 e. The van der Waals surface area contributed by atoms with E-state index in [-0.39, 0.29) is 34.9 Å². The van der Waals surface area contributed by atoms with Crippen molar-refractivity contribution in [2.75, 3.05) is 25.1 Å². The third kappa shape index (κ3) is 6.13. The number of rotatable bonds is 7. The molecule has 0 spiro atoms. The number of nitrogens with zero attached hydrogens (tertiary/aromatic N) is 2. The molecule has 4 rings (SSSR count). The van der Waals surface area contributed by atoms with Crippen LogP contribution in [0.1, 0.15) is 75.0 Å². The highest BCUT2D eigenvalue weighted by Crippen LogP contribution is 2.34. The summed E-state index contributed by atoms with van der Waals surface area (Å²) in [4.78, 5) is 16.9. The van der Waals surface area contributed by atoms with Crippen LogP contribution in [0, 0.1) is 10.8 Å². The van der Waals surface area contributed by atoms with E-state index in [2.05, 4.69) is 10.2 Å². The Morgan fingerprint density at radius 2 is 1.76 bits per heavy atom. The van der Waals surface area contributed by atoms with E-state index in [9.17, 15) is 9.90 Å². The topological polar surface area (TPSA) is 113 Å². The molecule has 0 bridgehead atoms.